The Labute approximate surface area is 92.2 Å². The van der Waals surface area contributed by atoms with E-state index in [9.17, 15) is 18.0 Å². The molecule has 0 saturated carbocycles. The zero-order valence-electron chi connectivity index (χ0n) is 9.27. The van der Waals surface area contributed by atoms with Gasteiger partial charge in [-0.3, -0.25) is 4.79 Å². The lowest BCUT2D eigenvalue weighted by molar-refractivity contribution is -0.139. The van der Waals surface area contributed by atoms with Crippen LogP contribution in [0.4, 0.5) is 13.2 Å². The molecule has 0 heterocycles. The van der Waals surface area contributed by atoms with Crippen molar-refractivity contribution in [2.45, 2.75) is 38.5 Å². The summed E-state index contributed by atoms with van der Waals surface area (Å²) in [5.74, 6) is -0.706. The Balaban J connectivity index is 3.90. The molecular weight excluding hydrogens is 225 g/mol. The van der Waals surface area contributed by atoms with E-state index in [1.165, 1.54) is 6.92 Å². The standard InChI is InChI=1S/C9H17F3N2O2/c1-6(3-4-15)14-7(2)8(16)13-5-9(10,11)12/h6-7,14-15H,3-5H2,1-2H3,(H,13,16). The number of halogens is 3. The van der Waals surface area contributed by atoms with Gasteiger partial charge in [0, 0.05) is 12.6 Å². The molecule has 1 amide bonds. The third-order valence-electron chi connectivity index (χ3n) is 1.95. The maximum atomic E-state index is 11.8. The Morgan fingerprint density at radius 2 is 1.94 bits per heavy atom. The van der Waals surface area contributed by atoms with Crippen LogP contribution in [0.1, 0.15) is 20.3 Å². The largest absolute Gasteiger partial charge is 0.405 e. The molecule has 2 unspecified atom stereocenters. The quantitative estimate of drug-likeness (QED) is 0.632. The summed E-state index contributed by atoms with van der Waals surface area (Å²) in [5, 5.41) is 13.2. The number of carbonyl (C=O) groups excluding carboxylic acids is 1. The maximum Gasteiger partial charge on any atom is 0.405 e. The Kier molecular flexibility index (Phi) is 6.35. The Morgan fingerprint density at radius 3 is 2.38 bits per heavy atom. The third-order valence-corrected chi connectivity index (χ3v) is 1.95. The van der Waals surface area contributed by atoms with Crippen LogP contribution in [0.5, 0.6) is 0 Å². The topological polar surface area (TPSA) is 61.4 Å². The second-order valence-corrected chi connectivity index (χ2v) is 3.63. The van der Waals surface area contributed by atoms with Crippen LogP contribution in [0.3, 0.4) is 0 Å². The van der Waals surface area contributed by atoms with Crippen LogP contribution in [0.15, 0.2) is 0 Å². The Hall–Kier alpha value is -0.820. The number of hydrogen-bond acceptors (Lipinski definition) is 3. The van der Waals surface area contributed by atoms with Crippen molar-refractivity contribution in [1.29, 1.82) is 0 Å². The van der Waals surface area contributed by atoms with Crippen LogP contribution in [-0.2, 0) is 4.79 Å². The first kappa shape index (κ1) is 15.2. The molecule has 96 valence electrons. The van der Waals surface area contributed by atoms with Crippen LogP contribution in [0.2, 0.25) is 0 Å². The van der Waals surface area contributed by atoms with Crippen molar-refractivity contribution in [3.05, 3.63) is 0 Å². The van der Waals surface area contributed by atoms with E-state index in [1.807, 2.05) is 0 Å². The fraction of sp³-hybridized carbons (Fsp3) is 0.889. The third kappa shape index (κ3) is 7.47. The van der Waals surface area contributed by atoms with Gasteiger partial charge in [-0.05, 0) is 20.3 Å². The molecule has 16 heavy (non-hydrogen) atoms. The highest BCUT2D eigenvalue weighted by Crippen LogP contribution is 2.12. The maximum absolute atomic E-state index is 11.8. The number of hydrogen-bond donors (Lipinski definition) is 3. The van der Waals surface area contributed by atoms with Gasteiger partial charge in [0.15, 0.2) is 0 Å². The molecule has 0 spiro atoms. The van der Waals surface area contributed by atoms with Crippen molar-refractivity contribution < 1.29 is 23.1 Å². The molecule has 0 fully saturated rings. The molecule has 0 rings (SSSR count). The molecule has 0 saturated heterocycles. The second kappa shape index (κ2) is 6.70. The van der Waals surface area contributed by atoms with Gasteiger partial charge in [-0.25, -0.2) is 0 Å². The number of rotatable bonds is 6. The van der Waals surface area contributed by atoms with Crippen LogP contribution < -0.4 is 10.6 Å². The van der Waals surface area contributed by atoms with Gasteiger partial charge < -0.3 is 15.7 Å². The number of aliphatic hydroxyl groups excluding tert-OH is 1. The Bertz CT molecular complexity index is 221. The van der Waals surface area contributed by atoms with Gasteiger partial charge >= 0.3 is 6.18 Å². The molecule has 3 N–H and O–H groups in total. The summed E-state index contributed by atoms with van der Waals surface area (Å²) >= 11 is 0. The monoisotopic (exact) mass is 242 g/mol. The lowest BCUT2D eigenvalue weighted by atomic mass is 10.2. The SMILES string of the molecule is CC(CCO)NC(C)C(=O)NCC(F)(F)F. The first-order chi connectivity index (χ1) is 7.26. The molecule has 0 aromatic rings. The zero-order chi connectivity index (χ0) is 12.8. The van der Waals surface area contributed by atoms with E-state index in [0.717, 1.165) is 0 Å². The minimum Gasteiger partial charge on any atom is -0.396 e. The first-order valence-electron chi connectivity index (χ1n) is 4.97. The summed E-state index contributed by atoms with van der Waals surface area (Å²) in [6, 6.07) is -0.847. The summed E-state index contributed by atoms with van der Waals surface area (Å²) in [4.78, 5) is 11.2. The van der Waals surface area contributed by atoms with Gasteiger partial charge in [0.1, 0.15) is 6.54 Å². The molecule has 7 heteroatoms. The number of nitrogens with one attached hydrogen (secondary N) is 2. The summed E-state index contributed by atoms with van der Waals surface area (Å²) in [5.41, 5.74) is 0. The summed E-state index contributed by atoms with van der Waals surface area (Å²) in [7, 11) is 0. The van der Waals surface area contributed by atoms with Crippen LogP contribution in [-0.4, -0.2) is 42.4 Å². The van der Waals surface area contributed by atoms with Crippen molar-refractivity contribution in [2.75, 3.05) is 13.2 Å². The van der Waals surface area contributed by atoms with Crippen molar-refractivity contribution in [2.24, 2.45) is 0 Å². The van der Waals surface area contributed by atoms with Crippen LogP contribution >= 0.6 is 0 Å². The number of carbonyl (C=O) groups is 1. The molecule has 0 aromatic heterocycles. The highest BCUT2D eigenvalue weighted by Gasteiger charge is 2.28. The molecule has 0 bridgehead atoms. The minimum absolute atomic E-state index is 0.0366. The number of alkyl halides is 3. The molecule has 0 aliphatic carbocycles. The van der Waals surface area contributed by atoms with Gasteiger partial charge in [0.25, 0.3) is 0 Å². The summed E-state index contributed by atoms with van der Waals surface area (Å²) in [6.45, 7) is 1.85. The first-order valence-corrected chi connectivity index (χ1v) is 4.97. The van der Waals surface area contributed by atoms with E-state index >= 15 is 0 Å². The van der Waals surface area contributed by atoms with Gasteiger partial charge in [0.2, 0.25) is 5.91 Å². The average Bonchev–Trinajstić information content (AvgIpc) is 2.13. The van der Waals surface area contributed by atoms with Crippen molar-refractivity contribution in [3.8, 4) is 0 Å². The number of aliphatic hydroxyl groups is 1. The Morgan fingerprint density at radius 1 is 1.38 bits per heavy atom. The van der Waals surface area contributed by atoms with E-state index in [0.29, 0.717) is 6.42 Å². The fourth-order valence-corrected chi connectivity index (χ4v) is 1.12. The van der Waals surface area contributed by atoms with Gasteiger partial charge in [0.05, 0.1) is 6.04 Å². The number of amides is 1. The normalized spacial score (nSPS) is 15.6. The van der Waals surface area contributed by atoms with E-state index < -0.39 is 24.7 Å². The van der Waals surface area contributed by atoms with E-state index in [4.69, 9.17) is 5.11 Å². The minimum atomic E-state index is -4.40. The van der Waals surface area contributed by atoms with Gasteiger partial charge in [-0.15, -0.1) is 0 Å². The van der Waals surface area contributed by atoms with Crippen molar-refractivity contribution >= 4 is 5.91 Å². The fourth-order valence-electron chi connectivity index (χ4n) is 1.12. The lowest BCUT2D eigenvalue weighted by Crippen LogP contribution is -2.48. The molecule has 0 aliphatic rings. The summed E-state index contributed by atoms with van der Waals surface area (Å²) in [6.07, 6.45) is -3.96. The highest BCUT2D eigenvalue weighted by molar-refractivity contribution is 5.81. The summed E-state index contributed by atoms with van der Waals surface area (Å²) < 4.78 is 35.4. The molecule has 4 nitrogen and oxygen atoms in total. The molecule has 0 aromatic carbocycles. The average molecular weight is 242 g/mol. The second-order valence-electron chi connectivity index (χ2n) is 3.63. The van der Waals surface area contributed by atoms with E-state index in [2.05, 4.69) is 5.32 Å². The predicted molar refractivity (Wildman–Crippen MR) is 52.8 cm³/mol. The smallest absolute Gasteiger partial charge is 0.396 e. The molecule has 2 atom stereocenters. The zero-order valence-corrected chi connectivity index (χ0v) is 9.27. The van der Waals surface area contributed by atoms with Crippen molar-refractivity contribution in [1.82, 2.24) is 10.6 Å². The predicted octanol–water partition coefficient (Wildman–Crippen LogP) is 0.414. The van der Waals surface area contributed by atoms with Gasteiger partial charge in [-0.1, -0.05) is 0 Å². The lowest BCUT2D eigenvalue weighted by Gasteiger charge is -2.19. The molecule has 0 radical (unpaired) electrons. The molecule has 0 aliphatic heterocycles. The van der Waals surface area contributed by atoms with Crippen LogP contribution in [0.25, 0.3) is 0 Å². The van der Waals surface area contributed by atoms with E-state index in [-0.39, 0.29) is 12.6 Å². The van der Waals surface area contributed by atoms with Gasteiger partial charge in [-0.2, -0.15) is 13.2 Å². The van der Waals surface area contributed by atoms with Crippen LogP contribution in [0, 0.1) is 0 Å². The van der Waals surface area contributed by atoms with E-state index in [1.54, 1.807) is 12.2 Å². The molecular formula is C9H17F3N2O2. The highest BCUT2D eigenvalue weighted by atomic mass is 19.4. The van der Waals surface area contributed by atoms with Crippen molar-refractivity contribution in [3.63, 3.8) is 0 Å².